The van der Waals surface area contributed by atoms with E-state index in [9.17, 15) is 14.4 Å². The van der Waals surface area contributed by atoms with Crippen molar-refractivity contribution in [2.75, 3.05) is 20.6 Å². The lowest BCUT2D eigenvalue weighted by atomic mass is 9.33. The summed E-state index contributed by atoms with van der Waals surface area (Å²) >= 11 is 0. The minimum Gasteiger partial charge on any atom is -0.462 e. The number of fused-ring (bicyclic) bond motifs is 7. The Labute approximate surface area is 368 Å². The summed E-state index contributed by atoms with van der Waals surface area (Å²) in [5.74, 6) is 2.28. The molecule has 5 fully saturated rings. The van der Waals surface area contributed by atoms with Crippen LogP contribution in [0.1, 0.15) is 159 Å². The van der Waals surface area contributed by atoms with Crippen molar-refractivity contribution in [1.82, 2.24) is 10.2 Å². The van der Waals surface area contributed by atoms with E-state index in [-0.39, 0.29) is 74.7 Å². The number of benzene rings is 1. The van der Waals surface area contributed by atoms with Crippen LogP contribution >= 0.6 is 0 Å². The van der Waals surface area contributed by atoms with Crippen molar-refractivity contribution >= 4 is 23.8 Å². The summed E-state index contributed by atoms with van der Waals surface area (Å²) in [6.45, 7) is 26.7. The summed E-state index contributed by atoms with van der Waals surface area (Å²) in [5.41, 5.74) is 2.70. The van der Waals surface area contributed by atoms with Crippen LogP contribution in [-0.2, 0) is 35.1 Å². The summed E-state index contributed by atoms with van der Waals surface area (Å²) in [6.07, 6.45) is 12.7. The molecule has 8 nitrogen and oxygen atoms in total. The number of rotatable bonds is 11. The van der Waals surface area contributed by atoms with Crippen molar-refractivity contribution < 1.29 is 28.7 Å². The number of carbonyl (C=O) groups excluding carboxylic acids is 5. The lowest BCUT2D eigenvalue weighted by Crippen LogP contribution is -2.67. The molecule has 0 aromatic heterocycles. The summed E-state index contributed by atoms with van der Waals surface area (Å²) in [5, 5.41) is 3.67. The fraction of sp³-hybridized carbons (Fsp3) is 0.774. The molecule has 0 unspecified atom stereocenters. The van der Waals surface area contributed by atoms with Gasteiger partial charge in [-0.2, -0.15) is 9.59 Å². The lowest BCUT2D eigenvalue weighted by molar-refractivity contribution is -0.235. The maximum absolute atomic E-state index is 14.3. The molecule has 61 heavy (non-hydrogen) atoms. The molecule has 0 heterocycles. The molecule has 1 aromatic carbocycles. The van der Waals surface area contributed by atoms with Crippen LogP contribution in [0.4, 0.5) is 0 Å². The first-order valence-electron chi connectivity index (χ1n) is 23.8. The minimum absolute atomic E-state index is 0.0268. The number of nitrogens with one attached hydrogen (secondary N) is 1. The van der Waals surface area contributed by atoms with Gasteiger partial charge >= 0.3 is 12.1 Å². The third-order valence-corrected chi connectivity index (χ3v) is 19.1. The van der Waals surface area contributed by atoms with Crippen LogP contribution in [0.2, 0.25) is 0 Å². The maximum atomic E-state index is 14.3. The van der Waals surface area contributed by atoms with E-state index in [1.807, 2.05) is 0 Å². The van der Waals surface area contributed by atoms with E-state index in [4.69, 9.17) is 14.3 Å². The van der Waals surface area contributed by atoms with Crippen LogP contribution < -0.4 is 5.32 Å². The monoisotopic (exact) mass is 841 g/mol. The Morgan fingerprint density at radius 3 is 2.13 bits per heavy atom. The van der Waals surface area contributed by atoms with E-state index in [2.05, 4.69) is 131 Å². The van der Waals surface area contributed by atoms with Gasteiger partial charge in [0.05, 0.1) is 11.5 Å². The van der Waals surface area contributed by atoms with Crippen molar-refractivity contribution in [3.05, 3.63) is 47.0 Å². The molecule has 0 radical (unpaired) electrons. The summed E-state index contributed by atoms with van der Waals surface area (Å²) in [4.78, 5) is 60.9. The molecule has 0 aliphatic heterocycles. The number of hydrogen-bond acceptors (Lipinski definition) is 7. The molecule has 1 amide bonds. The fourth-order valence-corrected chi connectivity index (χ4v) is 15.2. The van der Waals surface area contributed by atoms with Crippen molar-refractivity contribution in [3.8, 4) is 0 Å². The minimum atomic E-state index is -0.568. The van der Waals surface area contributed by atoms with Gasteiger partial charge in [0, 0.05) is 17.3 Å². The van der Waals surface area contributed by atoms with Gasteiger partial charge in [-0.3, -0.25) is 14.4 Å². The van der Waals surface area contributed by atoms with Crippen LogP contribution in [0.5, 0.6) is 0 Å². The molecule has 7 rings (SSSR count). The van der Waals surface area contributed by atoms with Gasteiger partial charge in [0.2, 0.25) is 5.91 Å². The lowest BCUT2D eigenvalue weighted by Gasteiger charge is -2.72. The SMILES string of the molecule is CC(C)C1=C2[C@H]3CC[C@@H]4[C@@]5(C)CC[C@H](OC(=O)[C@H]6C[C@@H](Cc7ccccc7)C6(C)C)C(C)(C)[C@@H]5CC[C@@]4(C)[C@]3(C)CC[C@@]2(NC(=O)C(C)(C)CCCN(C)C)CC1=O.O=C=O. The smallest absolute Gasteiger partial charge is 0.373 e. The molecule has 0 bridgehead atoms. The van der Waals surface area contributed by atoms with Crippen LogP contribution in [0, 0.1) is 68.0 Å². The highest BCUT2D eigenvalue weighted by Crippen LogP contribution is 2.76. The van der Waals surface area contributed by atoms with Gasteiger partial charge in [0.25, 0.3) is 0 Å². The fourth-order valence-electron chi connectivity index (χ4n) is 15.2. The predicted octanol–water partition coefficient (Wildman–Crippen LogP) is 10.4. The van der Waals surface area contributed by atoms with E-state index in [1.165, 1.54) is 11.1 Å². The number of amides is 1. The van der Waals surface area contributed by atoms with Crippen LogP contribution in [0.3, 0.4) is 0 Å². The maximum Gasteiger partial charge on any atom is 0.373 e. The molecule has 5 saturated carbocycles. The zero-order chi connectivity index (χ0) is 45.1. The Morgan fingerprint density at radius 1 is 0.869 bits per heavy atom. The Morgan fingerprint density at radius 2 is 1.52 bits per heavy atom. The highest BCUT2D eigenvalue weighted by Gasteiger charge is 2.70. The zero-order valence-electron chi connectivity index (χ0n) is 40.2. The molecule has 10 atom stereocenters. The van der Waals surface area contributed by atoms with Crippen LogP contribution in [-0.4, -0.2) is 61.0 Å². The van der Waals surface area contributed by atoms with E-state index in [0.717, 1.165) is 89.2 Å². The van der Waals surface area contributed by atoms with Gasteiger partial charge in [-0.05, 0) is 166 Å². The quantitative estimate of drug-likeness (QED) is 0.221. The highest BCUT2D eigenvalue weighted by atomic mass is 16.5. The van der Waals surface area contributed by atoms with Gasteiger partial charge in [-0.1, -0.05) is 106 Å². The number of carbonyl (C=O) groups is 3. The number of Topliss-reactive ketones (excluding diaryl/α,β-unsaturated/α-hetero) is 1. The topological polar surface area (TPSA) is 110 Å². The molecule has 338 valence electrons. The second-order valence-electron chi connectivity index (χ2n) is 23.9. The second kappa shape index (κ2) is 16.8. The zero-order valence-corrected chi connectivity index (χ0v) is 40.2. The predicted molar refractivity (Wildman–Crippen MR) is 240 cm³/mol. The molecule has 6 aliphatic rings. The number of esters is 1. The third-order valence-electron chi connectivity index (χ3n) is 19.1. The first-order chi connectivity index (χ1) is 28.4. The van der Waals surface area contributed by atoms with Crippen molar-refractivity contribution in [1.29, 1.82) is 0 Å². The Balaban J connectivity index is 0.00000201. The second-order valence-corrected chi connectivity index (χ2v) is 23.9. The van der Waals surface area contributed by atoms with Gasteiger partial charge in [0.1, 0.15) is 6.10 Å². The summed E-state index contributed by atoms with van der Waals surface area (Å²) in [6, 6.07) is 10.7. The van der Waals surface area contributed by atoms with E-state index >= 15 is 0 Å². The Kier molecular flexibility index (Phi) is 13.1. The van der Waals surface area contributed by atoms with Crippen LogP contribution in [0.15, 0.2) is 41.5 Å². The molecule has 0 spiro atoms. The van der Waals surface area contributed by atoms with Crippen molar-refractivity contribution in [2.45, 2.75) is 171 Å². The number of nitrogens with zero attached hydrogens (tertiary/aromatic N) is 1. The Hall–Kier alpha value is -3.09. The average molecular weight is 841 g/mol. The molecular weight excluding hydrogens is 761 g/mol. The summed E-state index contributed by atoms with van der Waals surface area (Å²) in [7, 11) is 4.17. The van der Waals surface area contributed by atoms with E-state index in [1.54, 1.807) is 0 Å². The molecule has 1 N–H and O–H groups in total. The number of ether oxygens (including phenoxy) is 1. The third kappa shape index (κ3) is 7.95. The van der Waals surface area contributed by atoms with Crippen molar-refractivity contribution in [2.24, 2.45) is 68.0 Å². The summed E-state index contributed by atoms with van der Waals surface area (Å²) < 4.78 is 6.68. The van der Waals surface area contributed by atoms with E-state index in [0.29, 0.717) is 24.2 Å². The highest BCUT2D eigenvalue weighted by molar-refractivity contribution is 6.02. The largest absolute Gasteiger partial charge is 0.462 e. The molecule has 8 heteroatoms. The van der Waals surface area contributed by atoms with Crippen LogP contribution in [0.25, 0.3) is 0 Å². The van der Waals surface area contributed by atoms with Gasteiger partial charge in [0.15, 0.2) is 5.78 Å². The van der Waals surface area contributed by atoms with Gasteiger partial charge in [-0.15, -0.1) is 0 Å². The molecule has 0 saturated heterocycles. The Bertz CT molecular complexity index is 1890. The number of hydrogen-bond donors (Lipinski definition) is 1. The average Bonchev–Trinajstić information content (AvgIpc) is 3.46. The number of allylic oxidation sites excluding steroid dienone is 1. The van der Waals surface area contributed by atoms with Gasteiger partial charge < -0.3 is 15.0 Å². The number of ketones is 1. The molecule has 1 aromatic rings. The van der Waals surface area contributed by atoms with Crippen molar-refractivity contribution in [3.63, 3.8) is 0 Å². The first-order valence-corrected chi connectivity index (χ1v) is 23.8. The normalized spacial score (nSPS) is 37.2. The molecule has 6 aliphatic carbocycles. The standard InChI is InChI=1S/C52H80N2O4.CO2/c1-33(2)42-38(55)32-52(53-45(57)46(3,4)24-17-29-54(12)13)28-27-50(10)36(43(42)52)20-21-40-49(9)25-23-41(48(7,8)39(49)22-26-51(40,50)11)58-44(56)37-31-35(47(37,5)6)30-34-18-15-14-16-19-34;2-1-3/h14-16,18-19,33,35-37,39-41H,17,20-32H2,1-13H3,(H,53,57);/t35-,36-,37-,39+,40-,41+,49+,50-,51-,52-;/m1./s1. The first kappa shape index (κ1) is 47.4. The van der Waals surface area contributed by atoms with E-state index < -0.39 is 11.0 Å². The molecular formula is C53H80N2O6. The van der Waals surface area contributed by atoms with Gasteiger partial charge in [-0.25, -0.2) is 0 Å².